The number of ketones is 1. The maximum atomic E-state index is 12.5. The van der Waals surface area contributed by atoms with Crippen molar-refractivity contribution in [3.05, 3.63) is 35.2 Å². The summed E-state index contributed by atoms with van der Waals surface area (Å²) in [6, 6.07) is 4.45. The molecule has 1 aromatic rings. The van der Waals surface area contributed by atoms with Gasteiger partial charge in [-0.3, -0.25) is 9.59 Å². The minimum absolute atomic E-state index is 0.0849. The van der Waals surface area contributed by atoms with Crippen LogP contribution < -0.4 is 14.8 Å². The van der Waals surface area contributed by atoms with Crippen LogP contribution in [-0.4, -0.2) is 44.1 Å². The maximum Gasteiger partial charge on any atom is 0.258 e. The fraction of sp³-hybridized carbons (Fsp3) is 0.500. The summed E-state index contributed by atoms with van der Waals surface area (Å²) < 4.78 is 34.5. The first kappa shape index (κ1) is 19.0. The monoisotopic (exact) mass is 405 g/mol. The van der Waals surface area contributed by atoms with E-state index in [9.17, 15) is 18.0 Å². The predicted octanol–water partition coefficient (Wildman–Crippen LogP) is 2.16. The standard InChI is InChI=1S/C20H23NO6S/c22-17-11-20(7-2-1-3-8-20)27-18-10-15(4-5-16(17)18)26-12-19(23)21-14-6-9-28(24,25)13-14/h4-6,9-10,14H,1-3,7-8,11-13H2,(H,21,23)/t14-/m0/s1. The number of benzene rings is 1. The van der Waals surface area contributed by atoms with Crippen LogP contribution in [0.5, 0.6) is 11.5 Å². The smallest absolute Gasteiger partial charge is 0.258 e. The summed E-state index contributed by atoms with van der Waals surface area (Å²) in [5, 5.41) is 3.71. The van der Waals surface area contributed by atoms with Crippen molar-refractivity contribution in [3.63, 3.8) is 0 Å². The number of nitrogens with one attached hydrogen (secondary N) is 1. The second kappa shape index (κ2) is 7.24. The molecule has 2 aliphatic heterocycles. The van der Waals surface area contributed by atoms with E-state index >= 15 is 0 Å². The second-order valence-electron chi connectivity index (χ2n) is 7.72. The first-order chi connectivity index (χ1) is 13.3. The third-order valence-corrected chi connectivity index (χ3v) is 6.87. The zero-order valence-corrected chi connectivity index (χ0v) is 16.3. The van der Waals surface area contributed by atoms with Gasteiger partial charge in [0.25, 0.3) is 5.91 Å². The summed E-state index contributed by atoms with van der Waals surface area (Å²) in [7, 11) is -3.22. The van der Waals surface area contributed by atoms with Gasteiger partial charge in [0.15, 0.2) is 22.2 Å². The molecule has 7 nitrogen and oxygen atoms in total. The average Bonchev–Trinajstić information content (AvgIpc) is 2.98. The van der Waals surface area contributed by atoms with Crippen molar-refractivity contribution < 1.29 is 27.5 Å². The molecule has 1 aliphatic carbocycles. The maximum absolute atomic E-state index is 12.5. The van der Waals surface area contributed by atoms with E-state index in [-0.39, 0.29) is 18.1 Å². The summed E-state index contributed by atoms with van der Waals surface area (Å²) in [5.74, 6) is 0.493. The van der Waals surface area contributed by atoms with Crippen molar-refractivity contribution in [1.29, 1.82) is 0 Å². The first-order valence-electron chi connectivity index (χ1n) is 9.54. The summed E-state index contributed by atoms with van der Waals surface area (Å²) in [5.41, 5.74) is 0.146. The van der Waals surface area contributed by atoms with Crippen molar-refractivity contribution in [3.8, 4) is 11.5 Å². The van der Waals surface area contributed by atoms with Gasteiger partial charge >= 0.3 is 0 Å². The van der Waals surface area contributed by atoms with Crippen LogP contribution in [0.1, 0.15) is 48.9 Å². The number of hydrogen-bond acceptors (Lipinski definition) is 6. The van der Waals surface area contributed by atoms with E-state index in [1.54, 1.807) is 18.2 Å². The molecule has 0 saturated heterocycles. The van der Waals surface area contributed by atoms with Gasteiger partial charge in [-0.25, -0.2) is 8.42 Å². The Kier molecular flexibility index (Phi) is 4.91. The molecule has 0 aromatic heterocycles. The van der Waals surface area contributed by atoms with Crippen molar-refractivity contribution in [2.75, 3.05) is 12.4 Å². The van der Waals surface area contributed by atoms with Crippen LogP contribution in [0.15, 0.2) is 29.7 Å². The van der Waals surface area contributed by atoms with Crippen LogP contribution in [0.25, 0.3) is 0 Å². The molecular weight excluding hydrogens is 382 g/mol. The quantitative estimate of drug-likeness (QED) is 0.824. The Morgan fingerprint density at radius 2 is 2.04 bits per heavy atom. The number of amides is 1. The number of fused-ring (bicyclic) bond motifs is 1. The molecule has 0 unspecified atom stereocenters. The lowest BCUT2D eigenvalue weighted by Crippen LogP contribution is -2.43. The minimum atomic E-state index is -3.22. The minimum Gasteiger partial charge on any atom is -0.486 e. The van der Waals surface area contributed by atoms with E-state index in [4.69, 9.17) is 9.47 Å². The van der Waals surface area contributed by atoms with Crippen LogP contribution in [0.4, 0.5) is 0 Å². The largest absolute Gasteiger partial charge is 0.486 e. The molecule has 1 saturated carbocycles. The van der Waals surface area contributed by atoms with E-state index in [1.807, 2.05) is 0 Å². The summed E-state index contributed by atoms with van der Waals surface area (Å²) in [6.45, 7) is -0.248. The lowest BCUT2D eigenvalue weighted by Gasteiger charge is -2.40. The van der Waals surface area contributed by atoms with Crippen molar-refractivity contribution in [2.45, 2.75) is 50.2 Å². The molecule has 8 heteroatoms. The molecule has 0 radical (unpaired) electrons. The van der Waals surface area contributed by atoms with Gasteiger partial charge in [0.2, 0.25) is 0 Å². The van der Waals surface area contributed by atoms with E-state index in [0.29, 0.717) is 23.5 Å². The molecule has 1 amide bonds. The number of ether oxygens (including phenoxy) is 2. The Morgan fingerprint density at radius 3 is 2.75 bits per heavy atom. The highest BCUT2D eigenvalue weighted by molar-refractivity contribution is 7.94. The number of carbonyl (C=O) groups excluding carboxylic acids is 2. The Bertz CT molecular complexity index is 930. The fourth-order valence-electron chi connectivity index (χ4n) is 4.10. The zero-order chi connectivity index (χ0) is 19.8. The highest BCUT2D eigenvalue weighted by Crippen LogP contribution is 2.42. The van der Waals surface area contributed by atoms with Crippen LogP contribution >= 0.6 is 0 Å². The highest BCUT2D eigenvalue weighted by atomic mass is 32.2. The fourth-order valence-corrected chi connectivity index (χ4v) is 5.34. The third kappa shape index (κ3) is 4.06. The molecule has 1 fully saturated rings. The topological polar surface area (TPSA) is 98.8 Å². The number of carbonyl (C=O) groups is 2. The SMILES string of the molecule is O=C(COc1ccc2c(c1)OC1(CCCCC1)CC2=O)N[C@H]1C=CS(=O)(=O)C1. The van der Waals surface area contributed by atoms with Crippen LogP contribution in [0.3, 0.4) is 0 Å². The molecule has 1 atom stereocenters. The molecule has 1 aromatic carbocycles. The van der Waals surface area contributed by atoms with Crippen LogP contribution in [0, 0.1) is 0 Å². The Labute approximate surface area is 164 Å². The molecule has 1 N–H and O–H groups in total. The van der Waals surface area contributed by atoms with Gasteiger partial charge in [0, 0.05) is 11.5 Å². The Hall–Kier alpha value is -2.35. The lowest BCUT2D eigenvalue weighted by atomic mass is 9.78. The predicted molar refractivity (Wildman–Crippen MR) is 102 cm³/mol. The number of Topliss-reactive ketones (excluding diaryl/α,β-unsaturated/α-hetero) is 1. The molecule has 2 heterocycles. The number of sulfone groups is 1. The van der Waals surface area contributed by atoms with Crippen molar-refractivity contribution in [1.82, 2.24) is 5.32 Å². The second-order valence-corrected chi connectivity index (χ2v) is 9.66. The first-order valence-corrected chi connectivity index (χ1v) is 11.3. The average molecular weight is 405 g/mol. The summed E-state index contributed by atoms with van der Waals surface area (Å²) in [6.07, 6.45) is 6.92. The van der Waals surface area contributed by atoms with Gasteiger partial charge in [-0.15, -0.1) is 0 Å². The van der Waals surface area contributed by atoms with Gasteiger partial charge in [0.1, 0.15) is 17.1 Å². The van der Waals surface area contributed by atoms with E-state index in [1.165, 1.54) is 12.5 Å². The molecule has 1 spiro atoms. The van der Waals surface area contributed by atoms with Crippen molar-refractivity contribution >= 4 is 21.5 Å². The molecule has 150 valence electrons. The van der Waals surface area contributed by atoms with Crippen LogP contribution in [0.2, 0.25) is 0 Å². The third-order valence-electron chi connectivity index (χ3n) is 5.47. The number of hydrogen-bond donors (Lipinski definition) is 1. The van der Waals surface area contributed by atoms with E-state index in [0.717, 1.165) is 31.1 Å². The summed E-state index contributed by atoms with van der Waals surface area (Å²) in [4.78, 5) is 24.6. The van der Waals surface area contributed by atoms with Gasteiger partial charge in [-0.1, -0.05) is 6.42 Å². The highest BCUT2D eigenvalue weighted by Gasteiger charge is 2.41. The Balaban J connectivity index is 1.39. The van der Waals surface area contributed by atoms with Crippen LogP contribution in [-0.2, 0) is 14.6 Å². The molecule has 0 bridgehead atoms. The van der Waals surface area contributed by atoms with Crippen molar-refractivity contribution in [2.24, 2.45) is 0 Å². The van der Waals surface area contributed by atoms with Gasteiger partial charge < -0.3 is 14.8 Å². The molecular formula is C20H23NO6S. The van der Waals surface area contributed by atoms with Gasteiger partial charge in [-0.05, 0) is 43.9 Å². The van der Waals surface area contributed by atoms with E-state index in [2.05, 4.69) is 5.32 Å². The zero-order valence-electron chi connectivity index (χ0n) is 15.5. The molecule has 3 aliphatic rings. The van der Waals surface area contributed by atoms with E-state index < -0.39 is 27.4 Å². The number of rotatable bonds is 4. The van der Waals surface area contributed by atoms with Gasteiger partial charge in [-0.2, -0.15) is 0 Å². The Morgan fingerprint density at radius 1 is 1.25 bits per heavy atom. The molecule has 28 heavy (non-hydrogen) atoms. The summed E-state index contributed by atoms with van der Waals surface area (Å²) >= 11 is 0. The lowest BCUT2D eigenvalue weighted by molar-refractivity contribution is -0.123. The van der Waals surface area contributed by atoms with Gasteiger partial charge in [0.05, 0.1) is 23.8 Å². The molecule has 4 rings (SSSR count). The normalized spacial score (nSPS) is 24.4.